The van der Waals surface area contributed by atoms with Crippen molar-refractivity contribution in [3.63, 3.8) is 0 Å². The average molecular weight is 329 g/mol. The Balaban J connectivity index is 1.97. The molecule has 2 aromatic rings. The van der Waals surface area contributed by atoms with Gasteiger partial charge in [-0.1, -0.05) is 42.5 Å². The van der Waals surface area contributed by atoms with Crippen molar-refractivity contribution >= 4 is 5.91 Å². The van der Waals surface area contributed by atoms with Gasteiger partial charge in [0.1, 0.15) is 5.82 Å². The molecule has 0 radical (unpaired) electrons. The number of halogens is 1. The zero-order valence-corrected chi connectivity index (χ0v) is 14.3. The van der Waals surface area contributed by atoms with E-state index in [4.69, 9.17) is 0 Å². The summed E-state index contributed by atoms with van der Waals surface area (Å²) in [7, 11) is 0. The molecule has 0 fully saturated rings. The molecule has 0 spiro atoms. The molecule has 2 atom stereocenters. The second kappa shape index (κ2) is 7.58. The minimum absolute atomic E-state index is 0.0903. The first-order chi connectivity index (χ1) is 11.3. The van der Waals surface area contributed by atoms with E-state index in [1.807, 2.05) is 51.1 Å². The van der Waals surface area contributed by atoms with Crippen LogP contribution in [0.4, 0.5) is 4.39 Å². The van der Waals surface area contributed by atoms with E-state index in [0.717, 1.165) is 5.56 Å². The van der Waals surface area contributed by atoms with E-state index >= 15 is 0 Å². The fourth-order valence-corrected chi connectivity index (χ4v) is 2.60. The summed E-state index contributed by atoms with van der Waals surface area (Å²) in [5, 5.41) is 13.2. The van der Waals surface area contributed by atoms with Gasteiger partial charge in [0.25, 0.3) is 0 Å². The van der Waals surface area contributed by atoms with Crippen LogP contribution in [0.25, 0.3) is 0 Å². The summed E-state index contributed by atoms with van der Waals surface area (Å²) < 4.78 is 12.9. The topological polar surface area (TPSA) is 49.3 Å². The van der Waals surface area contributed by atoms with E-state index in [0.29, 0.717) is 12.0 Å². The number of nitrogens with one attached hydrogen (secondary N) is 1. The highest BCUT2D eigenvalue weighted by Crippen LogP contribution is 2.24. The highest BCUT2D eigenvalue weighted by molar-refractivity contribution is 5.87. The molecule has 0 aliphatic heterocycles. The lowest BCUT2D eigenvalue weighted by molar-refractivity contribution is -0.126. The Labute approximate surface area is 142 Å². The Hall–Kier alpha value is -2.20. The summed E-state index contributed by atoms with van der Waals surface area (Å²) in [4.78, 5) is 12.6. The highest BCUT2D eigenvalue weighted by atomic mass is 19.1. The van der Waals surface area contributed by atoms with Crippen LogP contribution in [0.5, 0.6) is 0 Å². The number of carbonyl (C=O) groups is 1. The predicted octanol–water partition coefficient (Wildman–Crippen LogP) is 3.73. The minimum Gasteiger partial charge on any atom is -0.388 e. The van der Waals surface area contributed by atoms with E-state index in [1.165, 1.54) is 12.1 Å². The minimum atomic E-state index is -0.749. The molecule has 0 saturated heterocycles. The van der Waals surface area contributed by atoms with Gasteiger partial charge in [0, 0.05) is 6.04 Å². The molecule has 2 N–H and O–H groups in total. The Kier molecular flexibility index (Phi) is 5.73. The fraction of sp³-hybridized carbons (Fsp3) is 0.350. The second-order valence-corrected chi connectivity index (χ2v) is 6.67. The van der Waals surface area contributed by atoms with Crippen LogP contribution >= 0.6 is 0 Å². The third-order valence-corrected chi connectivity index (χ3v) is 4.27. The van der Waals surface area contributed by atoms with Gasteiger partial charge in [0.2, 0.25) is 5.91 Å². The molecular formula is C20H24FNO2. The molecule has 24 heavy (non-hydrogen) atoms. The molecule has 2 unspecified atom stereocenters. The van der Waals surface area contributed by atoms with Crippen LogP contribution in [0, 0.1) is 5.82 Å². The molecule has 2 aromatic carbocycles. The number of rotatable bonds is 6. The third kappa shape index (κ3) is 4.42. The monoisotopic (exact) mass is 329 g/mol. The largest absolute Gasteiger partial charge is 0.388 e. The molecule has 0 bridgehead atoms. The molecule has 2 rings (SSSR count). The normalized spacial score (nSPS) is 14.0. The van der Waals surface area contributed by atoms with Crippen molar-refractivity contribution in [2.45, 2.75) is 44.8 Å². The quantitative estimate of drug-likeness (QED) is 0.848. The van der Waals surface area contributed by atoms with Crippen LogP contribution in [-0.2, 0) is 10.2 Å². The molecule has 128 valence electrons. The van der Waals surface area contributed by atoms with Gasteiger partial charge in [-0.15, -0.1) is 0 Å². The highest BCUT2D eigenvalue weighted by Gasteiger charge is 2.30. The first-order valence-corrected chi connectivity index (χ1v) is 8.10. The van der Waals surface area contributed by atoms with Crippen LogP contribution in [0.1, 0.15) is 44.4 Å². The number of hydrogen-bond acceptors (Lipinski definition) is 2. The van der Waals surface area contributed by atoms with Crippen LogP contribution in [0.15, 0.2) is 54.6 Å². The standard InChI is InChI=1S/C20H24FNO2/c1-14(13-18(23)15-9-11-17(21)12-10-15)22-19(24)20(2,3)16-7-5-4-6-8-16/h4-12,14,18,23H,13H2,1-3H3,(H,22,24). The number of carbonyl (C=O) groups excluding carboxylic acids is 1. The number of aliphatic hydroxyl groups is 1. The first kappa shape index (κ1) is 18.1. The van der Waals surface area contributed by atoms with Crippen LogP contribution < -0.4 is 5.32 Å². The molecule has 0 heterocycles. The van der Waals surface area contributed by atoms with Gasteiger partial charge in [-0.05, 0) is 50.5 Å². The molecule has 0 aliphatic carbocycles. The van der Waals surface area contributed by atoms with Gasteiger partial charge in [-0.25, -0.2) is 4.39 Å². The molecule has 0 aliphatic rings. The number of benzene rings is 2. The van der Waals surface area contributed by atoms with Crippen molar-refractivity contribution in [1.29, 1.82) is 0 Å². The number of aliphatic hydroxyl groups excluding tert-OH is 1. The lowest BCUT2D eigenvalue weighted by Gasteiger charge is -2.27. The van der Waals surface area contributed by atoms with E-state index in [-0.39, 0.29) is 17.8 Å². The molecule has 0 aromatic heterocycles. The maximum Gasteiger partial charge on any atom is 0.230 e. The summed E-state index contributed by atoms with van der Waals surface area (Å²) in [6.45, 7) is 5.60. The molecule has 1 amide bonds. The van der Waals surface area contributed by atoms with Gasteiger partial charge in [-0.2, -0.15) is 0 Å². The van der Waals surface area contributed by atoms with Gasteiger partial charge in [-0.3, -0.25) is 4.79 Å². The lowest BCUT2D eigenvalue weighted by atomic mass is 9.83. The molecular weight excluding hydrogens is 305 g/mol. The second-order valence-electron chi connectivity index (χ2n) is 6.67. The van der Waals surface area contributed by atoms with Gasteiger partial charge in [0.05, 0.1) is 11.5 Å². The van der Waals surface area contributed by atoms with Crippen molar-refractivity contribution < 1.29 is 14.3 Å². The zero-order valence-electron chi connectivity index (χ0n) is 14.3. The third-order valence-electron chi connectivity index (χ3n) is 4.27. The van der Waals surface area contributed by atoms with Crippen molar-refractivity contribution in [3.05, 3.63) is 71.5 Å². The summed E-state index contributed by atoms with van der Waals surface area (Å²) in [5.41, 5.74) is 0.921. The van der Waals surface area contributed by atoms with Gasteiger partial charge < -0.3 is 10.4 Å². The number of amides is 1. The first-order valence-electron chi connectivity index (χ1n) is 8.10. The Morgan fingerprint density at radius 2 is 1.71 bits per heavy atom. The molecule has 4 heteroatoms. The Morgan fingerprint density at radius 3 is 2.29 bits per heavy atom. The van der Waals surface area contributed by atoms with E-state index in [9.17, 15) is 14.3 Å². The van der Waals surface area contributed by atoms with Crippen molar-refractivity contribution in [2.24, 2.45) is 0 Å². The Morgan fingerprint density at radius 1 is 1.12 bits per heavy atom. The smallest absolute Gasteiger partial charge is 0.230 e. The zero-order chi connectivity index (χ0) is 17.7. The van der Waals surface area contributed by atoms with Crippen molar-refractivity contribution in [3.8, 4) is 0 Å². The van der Waals surface area contributed by atoms with Gasteiger partial charge >= 0.3 is 0 Å². The molecule has 3 nitrogen and oxygen atoms in total. The summed E-state index contributed by atoms with van der Waals surface area (Å²) in [6.07, 6.45) is -0.386. The van der Waals surface area contributed by atoms with Crippen LogP contribution in [-0.4, -0.2) is 17.1 Å². The lowest BCUT2D eigenvalue weighted by Crippen LogP contribution is -2.44. The van der Waals surface area contributed by atoms with E-state index in [2.05, 4.69) is 5.32 Å². The van der Waals surface area contributed by atoms with E-state index < -0.39 is 11.5 Å². The fourth-order valence-electron chi connectivity index (χ4n) is 2.60. The maximum absolute atomic E-state index is 12.9. The van der Waals surface area contributed by atoms with E-state index in [1.54, 1.807) is 12.1 Å². The predicted molar refractivity (Wildman–Crippen MR) is 93.0 cm³/mol. The van der Waals surface area contributed by atoms with Crippen LogP contribution in [0.3, 0.4) is 0 Å². The summed E-state index contributed by atoms with van der Waals surface area (Å²) in [6, 6.07) is 15.1. The van der Waals surface area contributed by atoms with Gasteiger partial charge in [0.15, 0.2) is 0 Å². The van der Waals surface area contributed by atoms with Crippen LogP contribution in [0.2, 0.25) is 0 Å². The summed E-state index contributed by atoms with van der Waals surface area (Å²) in [5.74, 6) is -0.426. The summed E-state index contributed by atoms with van der Waals surface area (Å²) >= 11 is 0. The number of hydrogen-bond donors (Lipinski definition) is 2. The SMILES string of the molecule is CC(CC(O)c1ccc(F)cc1)NC(=O)C(C)(C)c1ccccc1. The van der Waals surface area contributed by atoms with Crippen molar-refractivity contribution in [2.75, 3.05) is 0 Å². The van der Waals surface area contributed by atoms with Crippen molar-refractivity contribution in [1.82, 2.24) is 5.32 Å². The molecule has 0 saturated carbocycles. The average Bonchev–Trinajstić information content (AvgIpc) is 2.56. The maximum atomic E-state index is 12.9. The Bertz CT molecular complexity index is 668.